The molecule has 0 saturated heterocycles. The van der Waals surface area contributed by atoms with Gasteiger partial charge in [-0.1, -0.05) is 12.1 Å². The second kappa shape index (κ2) is 14.3. The molecule has 0 saturated carbocycles. The van der Waals surface area contributed by atoms with Crippen molar-refractivity contribution in [3.8, 4) is 5.75 Å². The van der Waals surface area contributed by atoms with Crippen molar-refractivity contribution in [1.82, 2.24) is 16.0 Å². The van der Waals surface area contributed by atoms with Crippen LogP contribution in [0.3, 0.4) is 0 Å². The zero-order chi connectivity index (χ0) is 27.4. The van der Waals surface area contributed by atoms with Crippen LogP contribution in [-0.4, -0.2) is 80.2 Å². The van der Waals surface area contributed by atoms with Gasteiger partial charge in [0.25, 0.3) is 0 Å². The number of aromatic hydroxyl groups is 1. The van der Waals surface area contributed by atoms with Crippen molar-refractivity contribution in [1.29, 1.82) is 0 Å². The van der Waals surface area contributed by atoms with Gasteiger partial charge in [-0.3, -0.25) is 24.0 Å². The molecule has 14 nitrogen and oxygen atoms in total. The van der Waals surface area contributed by atoms with Gasteiger partial charge in [-0.25, -0.2) is 4.79 Å². The lowest BCUT2D eigenvalue weighted by Crippen LogP contribution is -2.56. The molecule has 0 heterocycles. The third-order valence-electron chi connectivity index (χ3n) is 5.03. The zero-order valence-corrected chi connectivity index (χ0v) is 19.5. The predicted molar refractivity (Wildman–Crippen MR) is 123 cm³/mol. The number of hydrogen-bond acceptors (Lipinski definition) is 8. The van der Waals surface area contributed by atoms with Crippen molar-refractivity contribution >= 4 is 35.6 Å². The van der Waals surface area contributed by atoms with Crippen LogP contribution in [-0.2, 0) is 35.2 Å². The van der Waals surface area contributed by atoms with Crippen molar-refractivity contribution in [2.24, 2.45) is 5.73 Å². The third kappa shape index (κ3) is 10.8. The smallest absolute Gasteiger partial charge is 0.326 e. The van der Waals surface area contributed by atoms with Crippen molar-refractivity contribution < 1.29 is 49.2 Å². The quantitative estimate of drug-likeness (QED) is 0.136. The van der Waals surface area contributed by atoms with Gasteiger partial charge in [-0.2, -0.15) is 0 Å². The maximum absolute atomic E-state index is 12.8. The van der Waals surface area contributed by atoms with Gasteiger partial charge in [0, 0.05) is 19.3 Å². The van der Waals surface area contributed by atoms with Crippen LogP contribution in [0.25, 0.3) is 0 Å². The normalized spacial score (nSPS) is 13.9. The molecular weight excluding hydrogens is 480 g/mol. The number of phenolic OH excluding ortho intramolecular Hbond substituents is 1. The Kier molecular flexibility index (Phi) is 11.8. The van der Waals surface area contributed by atoms with Gasteiger partial charge < -0.3 is 42.1 Å². The molecule has 9 N–H and O–H groups in total. The van der Waals surface area contributed by atoms with E-state index in [1.807, 2.05) is 0 Å². The van der Waals surface area contributed by atoms with Crippen LogP contribution >= 0.6 is 0 Å². The lowest BCUT2D eigenvalue weighted by molar-refractivity contribution is -0.143. The molecule has 4 atom stereocenters. The summed E-state index contributed by atoms with van der Waals surface area (Å²) in [6.07, 6.45) is -1.56. The summed E-state index contributed by atoms with van der Waals surface area (Å²) in [6.45, 7) is 1.27. The second-order valence-electron chi connectivity index (χ2n) is 8.03. The fourth-order valence-corrected chi connectivity index (χ4v) is 2.97. The molecule has 3 amide bonds. The summed E-state index contributed by atoms with van der Waals surface area (Å²) in [6, 6.07) is 0.342. The van der Waals surface area contributed by atoms with Crippen LogP contribution in [0.4, 0.5) is 0 Å². The molecule has 0 spiro atoms. The van der Waals surface area contributed by atoms with E-state index in [2.05, 4.69) is 16.0 Å². The summed E-state index contributed by atoms with van der Waals surface area (Å²) >= 11 is 0. The Morgan fingerprint density at radius 1 is 0.778 bits per heavy atom. The van der Waals surface area contributed by atoms with Gasteiger partial charge in [-0.05, 0) is 37.5 Å². The number of carbonyl (C=O) groups is 6. The Hall–Kier alpha value is -4.20. The molecule has 1 aromatic rings. The number of carboxylic acids is 3. The minimum absolute atomic E-state index is 0.0323. The van der Waals surface area contributed by atoms with Crippen molar-refractivity contribution in [3.63, 3.8) is 0 Å². The second-order valence-corrected chi connectivity index (χ2v) is 8.03. The number of amides is 3. The van der Waals surface area contributed by atoms with E-state index < -0.39 is 66.2 Å². The fraction of sp³-hybridized carbons (Fsp3) is 0.455. The van der Waals surface area contributed by atoms with Crippen LogP contribution < -0.4 is 21.7 Å². The van der Waals surface area contributed by atoms with Gasteiger partial charge in [0.15, 0.2) is 0 Å². The van der Waals surface area contributed by atoms with Gasteiger partial charge in [0.2, 0.25) is 17.7 Å². The number of benzene rings is 1. The number of nitrogens with one attached hydrogen (secondary N) is 3. The number of phenols is 1. The van der Waals surface area contributed by atoms with Crippen LogP contribution in [0.5, 0.6) is 5.75 Å². The molecule has 0 radical (unpaired) electrons. The minimum atomic E-state index is -1.43. The summed E-state index contributed by atoms with van der Waals surface area (Å²) in [4.78, 5) is 70.7. The first-order valence-electron chi connectivity index (χ1n) is 10.9. The third-order valence-corrected chi connectivity index (χ3v) is 5.03. The largest absolute Gasteiger partial charge is 0.508 e. The summed E-state index contributed by atoms with van der Waals surface area (Å²) in [5.41, 5.74) is 6.08. The molecule has 0 aromatic heterocycles. The van der Waals surface area contributed by atoms with Gasteiger partial charge in [-0.15, -0.1) is 0 Å². The van der Waals surface area contributed by atoms with E-state index >= 15 is 0 Å². The summed E-state index contributed by atoms with van der Waals surface area (Å²) in [5.74, 6) is -6.44. The standard InChI is InChI=1S/C22H30N4O10/c1-11(24-20(33)14(23)6-8-17(28)29)19(32)25-15(7-9-18(30)31)21(34)26-16(22(35)36)10-12-2-4-13(27)5-3-12/h2-5,11,14-16,27H,6-10,23H2,1H3,(H,24,33)(H,25,32)(H,26,34)(H,28,29)(H,30,31)(H,35,36). The Balaban J connectivity index is 2.86. The highest BCUT2D eigenvalue weighted by molar-refractivity contribution is 5.94. The van der Waals surface area contributed by atoms with Crippen LogP contribution in [0.1, 0.15) is 38.2 Å². The highest BCUT2D eigenvalue weighted by atomic mass is 16.4. The van der Waals surface area contributed by atoms with E-state index in [0.29, 0.717) is 5.56 Å². The molecular formula is C22H30N4O10. The van der Waals surface area contributed by atoms with E-state index in [0.717, 1.165) is 0 Å². The fourth-order valence-electron chi connectivity index (χ4n) is 2.97. The first-order valence-corrected chi connectivity index (χ1v) is 10.9. The first kappa shape index (κ1) is 29.8. The van der Waals surface area contributed by atoms with Crippen molar-refractivity contribution in [3.05, 3.63) is 29.8 Å². The molecule has 4 unspecified atom stereocenters. The topological polar surface area (TPSA) is 245 Å². The molecule has 0 aliphatic heterocycles. The van der Waals surface area contributed by atoms with Gasteiger partial charge in [0.05, 0.1) is 6.04 Å². The minimum Gasteiger partial charge on any atom is -0.508 e. The highest BCUT2D eigenvalue weighted by Crippen LogP contribution is 2.12. The van der Waals surface area contributed by atoms with Crippen LogP contribution in [0, 0.1) is 0 Å². The first-order chi connectivity index (χ1) is 16.8. The SMILES string of the molecule is CC(NC(=O)C(N)CCC(=O)O)C(=O)NC(CCC(=O)O)C(=O)NC(Cc1ccc(O)cc1)C(=O)O. The molecule has 0 aliphatic rings. The van der Waals surface area contributed by atoms with E-state index in [4.69, 9.17) is 15.9 Å². The number of aliphatic carboxylic acids is 3. The monoisotopic (exact) mass is 510 g/mol. The van der Waals surface area contributed by atoms with E-state index in [1.165, 1.54) is 31.2 Å². The van der Waals surface area contributed by atoms with Crippen molar-refractivity contribution in [2.45, 2.75) is 63.2 Å². The Bertz CT molecular complexity index is 966. The Morgan fingerprint density at radius 2 is 1.31 bits per heavy atom. The van der Waals surface area contributed by atoms with Crippen LogP contribution in [0.2, 0.25) is 0 Å². The highest BCUT2D eigenvalue weighted by Gasteiger charge is 2.29. The van der Waals surface area contributed by atoms with Crippen LogP contribution in [0.15, 0.2) is 24.3 Å². The molecule has 1 aromatic carbocycles. The molecule has 198 valence electrons. The van der Waals surface area contributed by atoms with Gasteiger partial charge in [0.1, 0.15) is 23.9 Å². The van der Waals surface area contributed by atoms with E-state index in [9.17, 15) is 39.0 Å². The molecule has 1 rings (SSSR count). The van der Waals surface area contributed by atoms with E-state index in [-0.39, 0.29) is 31.4 Å². The number of rotatable bonds is 15. The average molecular weight is 511 g/mol. The average Bonchev–Trinajstić information content (AvgIpc) is 2.80. The number of carbonyl (C=O) groups excluding carboxylic acids is 3. The molecule has 0 bridgehead atoms. The predicted octanol–water partition coefficient (Wildman–Crippen LogP) is -1.45. The summed E-state index contributed by atoms with van der Waals surface area (Å²) < 4.78 is 0. The maximum Gasteiger partial charge on any atom is 0.326 e. The lowest BCUT2D eigenvalue weighted by Gasteiger charge is -2.23. The van der Waals surface area contributed by atoms with Crippen molar-refractivity contribution in [2.75, 3.05) is 0 Å². The molecule has 36 heavy (non-hydrogen) atoms. The number of nitrogens with two attached hydrogens (primary N) is 1. The summed E-state index contributed by atoms with van der Waals surface area (Å²) in [5, 5.41) is 43.3. The zero-order valence-electron chi connectivity index (χ0n) is 19.5. The van der Waals surface area contributed by atoms with E-state index in [1.54, 1.807) is 0 Å². The molecule has 14 heteroatoms. The Morgan fingerprint density at radius 3 is 1.83 bits per heavy atom. The summed E-state index contributed by atoms with van der Waals surface area (Å²) in [7, 11) is 0. The number of carboxylic acid groups (broad SMARTS) is 3. The van der Waals surface area contributed by atoms with Gasteiger partial charge >= 0.3 is 17.9 Å². The molecule has 0 fully saturated rings. The molecule has 0 aliphatic carbocycles. The lowest BCUT2D eigenvalue weighted by atomic mass is 10.0. The Labute approximate surface area is 205 Å². The number of hydrogen-bond donors (Lipinski definition) is 8. The maximum atomic E-state index is 12.8.